The van der Waals surface area contributed by atoms with E-state index in [1.807, 2.05) is 18.7 Å². The molecule has 1 aliphatic rings. The van der Waals surface area contributed by atoms with Crippen molar-refractivity contribution in [1.29, 1.82) is 0 Å². The van der Waals surface area contributed by atoms with Gasteiger partial charge in [-0.25, -0.2) is 0 Å². The minimum atomic E-state index is -0.654. The second kappa shape index (κ2) is 4.90. The van der Waals surface area contributed by atoms with Gasteiger partial charge in [-0.3, -0.25) is 14.6 Å². The molecule has 0 fully saturated rings. The highest BCUT2D eigenvalue weighted by molar-refractivity contribution is 6.64. The van der Waals surface area contributed by atoms with Gasteiger partial charge in [0.05, 0.1) is 17.0 Å². The number of carbonyl (C=O) groups is 2. The Morgan fingerprint density at radius 3 is 2.50 bits per heavy atom. The Balaban J connectivity index is 2.68. The summed E-state index contributed by atoms with van der Waals surface area (Å²) in [4.78, 5) is 29.8. The molecule has 1 aliphatic carbocycles. The van der Waals surface area contributed by atoms with Gasteiger partial charge in [0.2, 0.25) is 11.6 Å². The van der Waals surface area contributed by atoms with Crippen LogP contribution in [0.25, 0.3) is 5.70 Å². The number of pyridine rings is 1. The lowest BCUT2D eigenvalue weighted by Crippen LogP contribution is -2.31. The maximum absolute atomic E-state index is 11.8. The fraction of sp³-hybridized carbons (Fsp3) is 0.308. The molecule has 0 unspecified atom stereocenters. The van der Waals surface area contributed by atoms with E-state index in [1.165, 1.54) is 0 Å². The second-order valence-electron chi connectivity index (χ2n) is 3.89. The van der Waals surface area contributed by atoms with Gasteiger partial charge in [-0.15, -0.1) is 0 Å². The zero-order valence-electron chi connectivity index (χ0n) is 10.2. The molecule has 0 radical (unpaired) electrons. The van der Waals surface area contributed by atoms with E-state index >= 15 is 0 Å². The topological polar surface area (TPSA) is 50.3 Å². The van der Waals surface area contributed by atoms with Gasteiger partial charge in [-0.1, -0.05) is 11.6 Å². The van der Waals surface area contributed by atoms with E-state index in [9.17, 15) is 9.59 Å². The SMILES string of the molecule is CCN(CC)C1=C(Cl)C(=O)C(=O)c2cccnc21. The minimum Gasteiger partial charge on any atom is -0.369 e. The Morgan fingerprint density at radius 2 is 1.89 bits per heavy atom. The van der Waals surface area contributed by atoms with Gasteiger partial charge in [0.25, 0.3) is 0 Å². The second-order valence-corrected chi connectivity index (χ2v) is 4.27. The molecule has 0 atom stereocenters. The van der Waals surface area contributed by atoms with Crippen LogP contribution in [-0.4, -0.2) is 34.5 Å². The quantitative estimate of drug-likeness (QED) is 0.785. The number of aromatic nitrogens is 1. The molecule has 0 N–H and O–H groups in total. The third kappa shape index (κ3) is 1.82. The van der Waals surface area contributed by atoms with Crippen molar-refractivity contribution in [1.82, 2.24) is 9.88 Å². The van der Waals surface area contributed by atoms with E-state index in [-0.39, 0.29) is 5.03 Å². The molecule has 0 saturated carbocycles. The fourth-order valence-electron chi connectivity index (χ4n) is 2.04. The molecule has 1 aromatic heterocycles. The summed E-state index contributed by atoms with van der Waals surface area (Å²) >= 11 is 6.04. The number of rotatable bonds is 3. The van der Waals surface area contributed by atoms with E-state index < -0.39 is 11.6 Å². The molecule has 0 aromatic carbocycles. The average Bonchev–Trinajstić information content (AvgIpc) is 2.41. The Kier molecular flexibility index (Phi) is 3.48. The normalized spacial score (nSPS) is 14.8. The molecule has 18 heavy (non-hydrogen) atoms. The zero-order chi connectivity index (χ0) is 13.3. The molecule has 0 amide bonds. The maximum Gasteiger partial charge on any atom is 0.247 e. The molecule has 1 heterocycles. The van der Waals surface area contributed by atoms with Gasteiger partial charge in [-0.05, 0) is 26.0 Å². The predicted octanol–water partition coefficient (Wildman–Crippen LogP) is 2.10. The number of nitrogens with zero attached hydrogens (tertiary/aromatic N) is 2. The third-order valence-corrected chi connectivity index (χ3v) is 3.32. The van der Waals surface area contributed by atoms with Crippen molar-refractivity contribution >= 4 is 28.9 Å². The number of Topliss-reactive ketones (excluding diaryl/α,β-unsaturated/α-hetero) is 2. The molecule has 2 rings (SSSR count). The van der Waals surface area contributed by atoms with Gasteiger partial charge in [0.15, 0.2) is 0 Å². The van der Waals surface area contributed by atoms with Crippen LogP contribution in [0.1, 0.15) is 29.9 Å². The van der Waals surface area contributed by atoms with E-state index in [0.29, 0.717) is 30.0 Å². The molecule has 0 saturated heterocycles. The van der Waals surface area contributed by atoms with Crippen molar-refractivity contribution in [3.63, 3.8) is 0 Å². The lowest BCUT2D eigenvalue weighted by molar-refractivity contribution is -0.111. The minimum absolute atomic E-state index is 0.0325. The number of halogens is 1. The van der Waals surface area contributed by atoms with Crippen LogP contribution < -0.4 is 0 Å². The molecule has 5 heteroatoms. The zero-order valence-corrected chi connectivity index (χ0v) is 11.0. The standard InChI is InChI=1S/C13H13ClN2O2/c1-3-16(4-2)11-9(14)13(18)12(17)8-6-5-7-15-10(8)11/h5-7H,3-4H2,1-2H3. The summed E-state index contributed by atoms with van der Waals surface area (Å²) in [5.74, 6) is -1.24. The van der Waals surface area contributed by atoms with Crippen molar-refractivity contribution in [2.24, 2.45) is 0 Å². The number of hydrogen-bond donors (Lipinski definition) is 0. The molecule has 4 nitrogen and oxygen atoms in total. The first kappa shape index (κ1) is 12.8. The number of carbonyl (C=O) groups excluding carboxylic acids is 2. The summed E-state index contributed by atoms with van der Waals surface area (Å²) in [6, 6.07) is 3.25. The van der Waals surface area contributed by atoms with Crippen LogP contribution in [0.3, 0.4) is 0 Å². The molecular formula is C13H13ClN2O2. The molecule has 0 spiro atoms. The first-order valence-electron chi connectivity index (χ1n) is 5.80. The fourth-order valence-corrected chi connectivity index (χ4v) is 2.33. The maximum atomic E-state index is 11.8. The summed E-state index contributed by atoms with van der Waals surface area (Å²) in [5, 5.41) is -0.0325. The summed E-state index contributed by atoms with van der Waals surface area (Å²) in [5.41, 5.74) is 1.38. The van der Waals surface area contributed by atoms with Gasteiger partial charge >= 0.3 is 0 Å². The molecule has 1 aromatic rings. The largest absolute Gasteiger partial charge is 0.369 e. The smallest absolute Gasteiger partial charge is 0.247 e. The summed E-state index contributed by atoms with van der Waals surface area (Å²) in [6.07, 6.45) is 1.59. The summed E-state index contributed by atoms with van der Waals surface area (Å²) in [6.45, 7) is 5.31. The highest BCUT2D eigenvalue weighted by Gasteiger charge is 2.34. The summed E-state index contributed by atoms with van der Waals surface area (Å²) in [7, 11) is 0. The van der Waals surface area contributed by atoms with Crippen molar-refractivity contribution in [2.75, 3.05) is 13.1 Å². The number of allylic oxidation sites excluding steroid dienone is 1. The van der Waals surface area contributed by atoms with E-state index in [4.69, 9.17) is 11.6 Å². The molecular weight excluding hydrogens is 252 g/mol. The molecule has 0 bridgehead atoms. The van der Waals surface area contributed by atoms with Gasteiger partial charge < -0.3 is 4.90 Å². The summed E-state index contributed by atoms with van der Waals surface area (Å²) < 4.78 is 0. The van der Waals surface area contributed by atoms with Gasteiger partial charge in [0, 0.05) is 19.3 Å². The highest BCUT2D eigenvalue weighted by atomic mass is 35.5. The van der Waals surface area contributed by atoms with Crippen LogP contribution in [0.2, 0.25) is 0 Å². The molecule has 94 valence electrons. The average molecular weight is 265 g/mol. The van der Waals surface area contributed by atoms with Crippen LogP contribution in [0.4, 0.5) is 0 Å². The number of ketones is 2. The first-order chi connectivity index (χ1) is 8.61. The third-order valence-electron chi connectivity index (χ3n) is 2.97. The van der Waals surface area contributed by atoms with Crippen LogP contribution in [0.5, 0.6) is 0 Å². The predicted molar refractivity (Wildman–Crippen MR) is 69.3 cm³/mol. The Morgan fingerprint density at radius 1 is 1.22 bits per heavy atom. The van der Waals surface area contributed by atoms with E-state index in [0.717, 1.165) is 0 Å². The van der Waals surface area contributed by atoms with Gasteiger partial charge in [-0.2, -0.15) is 0 Å². The Bertz CT molecular complexity index is 548. The number of hydrogen-bond acceptors (Lipinski definition) is 4. The monoisotopic (exact) mass is 264 g/mol. The Hall–Kier alpha value is -1.68. The van der Waals surface area contributed by atoms with E-state index in [1.54, 1.807) is 18.3 Å². The lowest BCUT2D eigenvalue weighted by atomic mass is 9.96. The highest BCUT2D eigenvalue weighted by Crippen LogP contribution is 2.32. The first-order valence-corrected chi connectivity index (χ1v) is 6.18. The molecule has 0 aliphatic heterocycles. The van der Waals surface area contributed by atoms with Crippen LogP contribution in [-0.2, 0) is 4.79 Å². The van der Waals surface area contributed by atoms with Crippen LogP contribution in [0, 0.1) is 0 Å². The van der Waals surface area contributed by atoms with Crippen LogP contribution >= 0.6 is 11.6 Å². The van der Waals surface area contributed by atoms with Crippen LogP contribution in [0.15, 0.2) is 23.4 Å². The van der Waals surface area contributed by atoms with Gasteiger partial charge in [0.1, 0.15) is 5.03 Å². The van der Waals surface area contributed by atoms with Crippen molar-refractivity contribution in [3.05, 3.63) is 34.6 Å². The lowest BCUT2D eigenvalue weighted by Gasteiger charge is -2.28. The van der Waals surface area contributed by atoms with Crippen molar-refractivity contribution in [3.8, 4) is 0 Å². The van der Waals surface area contributed by atoms with E-state index in [2.05, 4.69) is 4.98 Å². The number of fused-ring (bicyclic) bond motifs is 1. The van der Waals surface area contributed by atoms with Crippen molar-refractivity contribution in [2.45, 2.75) is 13.8 Å². The Labute approximate surface area is 110 Å². The van der Waals surface area contributed by atoms with Crippen molar-refractivity contribution < 1.29 is 9.59 Å².